The number of piperazine rings is 1. The third kappa shape index (κ3) is 2.71. The Bertz CT molecular complexity index is 362. The topological polar surface area (TPSA) is 26.7 Å². The molecule has 0 aromatic heterocycles. The summed E-state index contributed by atoms with van der Waals surface area (Å²) in [6.45, 7) is 4.60. The van der Waals surface area contributed by atoms with Gasteiger partial charge in [0.1, 0.15) is 11.6 Å². The number of hydrogen-bond donors (Lipinski definition) is 1. The van der Waals surface area contributed by atoms with Gasteiger partial charge in [0.2, 0.25) is 0 Å². The molecule has 1 aliphatic heterocycles. The molecule has 1 fully saturated rings. The molecule has 0 amide bonds. The predicted molar refractivity (Wildman–Crippen MR) is 60.8 cm³/mol. The number of nitrogens with zero attached hydrogens (tertiary/aromatic N) is 2. The Morgan fingerprint density at radius 2 is 1.94 bits per heavy atom. The predicted octanol–water partition coefficient (Wildman–Crippen LogP) is 1.28. The summed E-state index contributed by atoms with van der Waals surface area (Å²) in [4.78, 5) is 4.50. The molecule has 4 heteroatoms. The number of phenols is 1. The molecule has 0 saturated carbocycles. The van der Waals surface area contributed by atoms with Crippen LogP contribution in [-0.2, 0) is 6.54 Å². The molecule has 2 rings (SSSR count). The molecule has 1 heterocycles. The monoisotopic (exact) mass is 224 g/mol. The molecule has 0 spiro atoms. The molecule has 1 aliphatic rings. The van der Waals surface area contributed by atoms with E-state index in [1.54, 1.807) is 0 Å². The molecule has 3 nitrogen and oxygen atoms in total. The molecule has 1 aromatic rings. The summed E-state index contributed by atoms with van der Waals surface area (Å²) in [5.74, 6) is -0.109. The maximum Gasteiger partial charge on any atom is 0.123 e. The van der Waals surface area contributed by atoms with Gasteiger partial charge in [-0.2, -0.15) is 0 Å². The number of aromatic hydroxyl groups is 1. The van der Waals surface area contributed by atoms with Gasteiger partial charge in [-0.15, -0.1) is 0 Å². The Morgan fingerprint density at radius 3 is 2.62 bits per heavy atom. The van der Waals surface area contributed by atoms with E-state index in [1.165, 1.54) is 18.2 Å². The van der Waals surface area contributed by atoms with Crippen molar-refractivity contribution in [1.29, 1.82) is 0 Å². The lowest BCUT2D eigenvalue weighted by Gasteiger charge is -2.32. The van der Waals surface area contributed by atoms with Gasteiger partial charge in [-0.25, -0.2) is 4.39 Å². The quantitative estimate of drug-likeness (QED) is 0.819. The lowest BCUT2D eigenvalue weighted by molar-refractivity contribution is 0.147. The minimum absolute atomic E-state index is 0.181. The van der Waals surface area contributed by atoms with Crippen LogP contribution in [0.3, 0.4) is 0 Å². The first-order valence-corrected chi connectivity index (χ1v) is 5.53. The molecule has 0 atom stereocenters. The van der Waals surface area contributed by atoms with E-state index >= 15 is 0 Å². The van der Waals surface area contributed by atoms with Crippen molar-refractivity contribution in [3.05, 3.63) is 29.6 Å². The third-order valence-corrected chi connectivity index (χ3v) is 3.03. The van der Waals surface area contributed by atoms with Crippen LogP contribution in [0.25, 0.3) is 0 Å². The Balaban J connectivity index is 2.00. The largest absolute Gasteiger partial charge is 0.508 e. The molecule has 16 heavy (non-hydrogen) atoms. The van der Waals surface area contributed by atoms with E-state index in [4.69, 9.17) is 0 Å². The number of rotatable bonds is 2. The van der Waals surface area contributed by atoms with Crippen molar-refractivity contribution < 1.29 is 9.50 Å². The lowest BCUT2D eigenvalue weighted by Crippen LogP contribution is -2.43. The summed E-state index contributed by atoms with van der Waals surface area (Å²) in [6, 6.07) is 4.11. The highest BCUT2D eigenvalue weighted by atomic mass is 19.1. The van der Waals surface area contributed by atoms with E-state index in [-0.39, 0.29) is 11.6 Å². The van der Waals surface area contributed by atoms with Crippen LogP contribution in [0.4, 0.5) is 4.39 Å². The van der Waals surface area contributed by atoms with Gasteiger partial charge in [0, 0.05) is 38.3 Å². The zero-order valence-corrected chi connectivity index (χ0v) is 9.49. The number of likely N-dealkylation sites (N-methyl/N-ethyl adjacent to an activating group) is 1. The molecule has 0 aliphatic carbocycles. The number of phenolic OH excluding ortho intramolecular Hbond substituents is 1. The van der Waals surface area contributed by atoms with Gasteiger partial charge in [-0.1, -0.05) is 0 Å². The van der Waals surface area contributed by atoms with Crippen LogP contribution in [0, 0.1) is 5.82 Å². The molecule has 1 aromatic carbocycles. The average molecular weight is 224 g/mol. The van der Waals surface area contributed by atoms with E-state index in [2.05, 4.69) is 16.8 Å². The second kappa shape index (κ2) is 4.80. The molecule has 1 saturated heterocycles. The second-order valence-electron chi connectivity index (χ2n) is 4.35. The fourth-order valence-corrected chi connectivity index (χ4v) is 1.93. The summed E-state index contributed by atoms with van der Waals surface area (Å²) >= 11 is 0. The average Bonchev–Trinajstić information content (AvgIpc) is 2.27. The smallest absolute Gasteiger partial charge is 0.123 e. The molecular formula is C12H17FN2O. The fourth-order valence-electron chi connectivity index (χ4n) is 1.93. The fraction of sp³-hybridized carbons (Fsp3) is 0.500. The van der Waals surface area contributed by atoms with Crippen LogP contribution in [0.2, 0.25) is 0 Å². The van der Waals surface area contributed by atoms with Gasteiger partial charge in [0.25, 0.3) is 0 Å². The van der Waals surface area contributed by atoms with Gasteiger partial charge in [0.15, 0.2) is 0 Å². The Hall–Kier alpha value is -1.13. The number of halogens is 1. The highest BCUT2D eigenvalue weighted by Crippen LogP contribution is 2.20. The molecular weight excluding hydrogens is 207 g/mol. The maximum atomic E-state index is 13.0. The highest BCUT2D eigenvalue weighted by molar-refractivity contribution is 5.32. The maximum absolute atomic E-state index is 13.0. The van der Waals surface area contributed by atoms with Crippen LogP contribution in [0.15, 0.2) is 18.2 Å². The van der Waals surface area contributed by atoms with Gasteiger partial charge in [-0.3, -0.25) is 4.90 Å². The summed E-state index contributed by atoms with van der Waals surface area (Å²) in [5, 5.41) is 9.61. The summed E-state index contributed by atoms with van der Waals surface area (Å²) < 4.78 is 13.0. The van der Waals surface area contributed by atoms with Gasteiger partial charge < -0.3 is 10.0 Å². The summed E-state index contributed by atoms with van der Waals surface area (Å²) in [7, 11) is 2.09. The van der Waals surface area contributed by atoms with Crippen LogP contribution in [0.1, 0.15) is 5.56 Å². The number of hydrogen-bond acceptors (Lipinski definition) is 3. The zero-order chi connectivity index (χ0) is 11.5. The first-order chi connectivity index (χ1) is 7.65. The van der Waals surface area contributed by atoms with Crippen molar-refractivity contribution in [3.8, 4) is 5.75 Å². The van der Waals surface area contributed by atoms with Crippen LogP contribution in [-0.4, -0.2) is 48.1 Å². The standard InChI is InChI=1S/C12H17FN2O/c1-14-4-6-15(7-5-14)9-10-8-11(13)2-3-12(10)16/h2-3,8,16H,4-7,9H2,1H3. The van der Waals surface area contributed by atoms with Crippen LogP contribution >= 0.6 is 0 Å². The van der Waals surface area contributed by atoms with Crippen molar-refractivity contribution in [1.82, 2.24) is 9.80 Å². The van der Waals surface area contributed by atoms with Gasteiger partial charge in [0.05, 0.1) is 0 Å². The van der Waals surface area contributed by atoms with Crippen molar-refractivity contribution in [2.24, 2.45) is 0 Å². The molecule has 1 N–H and O–H groups in total. The van der Waals surface area contributed by atoms with Crippen LogP contribution in [0.5, 0.6) is 5.75 Å². The highest BCUT2D eigenvalue weighted by Gasteiger charge is 2.15. The lowest BCUT2D eigenvalue weighted by atomic mass is 10.1. The molecule has 0 unspecified atom stereocenters. The van der Waals surface area contributed by atoms with E-state index < -0.39 is 0 Å². The first-order valence-electron chi connectivity index (χ1n) is 5.53. The number of benzene rings is 1. The van der Waals surface area contributed by atoms with Gasteiger partial charge >= 0.3 is 0 Å². The summed E-state index contributed by atoms with van der Waals surface area (Å²) in [5.41, 5.74) is 0.671. The van der Waals surface area contributed by atoms with Crippen molar-refractivity contribution in [2.75, 3.05) is 33.2 Å². The first kappa shape index (κ1) is 11.4. The SMILES string of the molecule is CN1CCN(Cc2cc(F)ccc2O)CC1. The van der Waals surface area contributed by atoms with E-state index in [9.17, 15) is 9.50 Å². The molecule has 0 bridgehead atoms. The van der Waals surface area contributed by atoms with Gasteiger partial charge in [-0.05, 0) is 25.2 Å². The molecule has 88 valence electrons. The minimum atomic E-state index is -0.290. The van der Waals surface area contributed by atoms with E-state index in [1.807, 2.05) is 0 Å². The van der Waals surface area contributed by atoms with Crippen molar-refractivity contribution in [3.63, 3.8) is 0 Å². The van der Waals surface area contributed by atoms with E-state index in [0.717, 1.165) is 26.2 Å². The zero-order valence-electron chi connectivity index (χ0n) is 9.49. The third-order valence-electron chi connectivity index (χ3n) is 3.03. The Kier molecular flexibility index (Phi) is 3.41. The summed E-state index contributed by atoms with van der Waals surface area (Å²) in [6.07, 6.45) is 0. The van der Waals surface area contributed by atoms with Crippen molar-refractivity contribution in [2.45, 2.75) is 6.54 Å². The van der Waals surface area contributed by atoms with Crippen molar-refractivity contribution >= 4 is 0 Å². The van der Waals surface area contributed by atoms with E-state index in [0.29, 0.717) is 12.1 Å². The molecule has 0 radical (unpaired) electrons. The minimum Gasteiger partial charge on any atom is -0.508 e. The Morgan fingerprint density at radius 1 is 1.25 bits per heavy atom. The second-order valence-corrected chi connectivity index (χ2v) is 4.35. The van der Waals surface area contributed by atoms with Crippen LogP contribution < -0.4 is 0 Å². The normalized spacial score (nSPS) is 18.9. The Labute approximate surface area is 95.1 Å².